The van der Waals surface area contributed by atoms with Gasteiger partial charge >= 0.3 is 6.09 Å². The lowest BCUT2D eigenvalue weighted by Crippen LogP contribution is -2.23. The molecule has 1 rings (SSSR count). The van der Waals surface area contributed by atoms with E-state index in [1.54, 1.807) is 7.05 Å². The number of nitrogens with zero attached hydrogens (tertiary/aromatic N) is 1. The van der Waals surface area contributed by atoms with Gasteiger partial charge in [0.05, 0.1) is 0 Å². The number of hydrogen-bond donors (Lipinski definition) is 1. The maximum atomic E-state index is 10.7. The van der Waals surface area contributed by atoms with Crippen LogP contribution >= 0.6 is 0 Å². The van der Waals surface area contributed by atoms with Crippen LogP contribution in [0.2, 0.25) is 19.6 Å². The van der Waals surface area contributed by atoms with Gasteiger partial charge < -0.3 is 10.0 Å². The van der Waals surface area contributed by atoms with Crippen molar-refractivity contribution in [1.29, 1.82) is 0 Å². The molecule has 1 N–H and O–H groups in total. The van der Waals surface area contributed by atoms with Crippen LogP contribution in [0.15, 0.2) is 24.3 Å². The lowest BCUT2D eigenvalue weighted by molar-refractivity contribution is 0.154. The molecule has 1 aromatic carbocycles. The van der Waals surface area contributed by atoms with Crippen molar-refractivity contribution in [2.45, 2.75) is 26.2 Å². The van der Waals surface area contributed by atoms with E-state index in [4.69, 9.17) is 5.11 Å². The van der Waals surface area contributed by atoms with E-state index in [1.165, 1.54) is 4.90 Å². The van der Waals surface area contributed by atoms with Crippen molar-refractivity contribution in [1.82, 2.24) is 4.90 Å². The van der Waals surface area contributed by atoms with Gasteiger partial charge in [0.2, 0.25) is 0 Å². The fourth-order valence-electron chi connectivity index (χ4n) is 1.35. The van der Waals surface area contributed by atoms with E-state index in [0.29, 0.717) is 6.54 Å². The molecule has 0 atom stereocenters. The Kier molecular flexibility index (Phi) is 4.57. The van der Waals surface area contributed by atoms with Crippen LogP contribution in [-0.2, 0) is 6.54 Å². The third kappa shape index (κ3) is 5.06. The molecule has 96 valence electrons. The fourth-order valence-corrected chi connectivity index (χ4v) is 1.87. The highest BCUT2D eigenvalue weighted by atomic mass is 28.3. The molecule has 0 unspecified atom stereocenters. The third-order valence-electron chi connectivity index (χ3n) is 2.26. The molecule has 0 bridgehead atoms. The summed E-state index contributed by atoms with van der Waals surface area (Å²) in [5.41, 5.74) is 5.21. The third-order valence-corrected chi connectivity index (χ3v) is 3.13. The Hall–Kier alpha value is -1.73. The predicted molar refractivity (Wildman–Crippen MR) is 76.2 cm³/mol. The number of rotatable bonds is 2. The Morgan fingerprint density at radius 3 is 2.61 bits per heavy atom. The molecule has 0 radical (unpaired) electrons. The molecule has 0 aromatic heterocycles. The average molecular weight is 261 g/mol. The lowest BCUT2D eigenvalue weighted by atomic mass is 10.1. The normalized spacial score (nSPS) is 10.4. The smallest absolute Gasteiger partial charge is 0.407 e. The summed E-state index contributed by atoms with van der Waals surface area (Å²) in [5.74, 6) is 3.17. The first-order chi connectivity index (χ1) is 8.28. The second kappa shape index (κ2) is 5.74. The van der Waals surface area contributed by atoms with Crippen LogP contribution in [0, 0.1) is 11.5 Å². The van der Waals surface area contributed by atoms with Crippen LogP contribution in [0.5, 0.6) is 0 Å². The van der Waals surface area contributed by atoms with E-state index in [-0.39, 0.29) is 0 Å². The molecule has 1 amide bonds. The first-order valence-electron chi connectivity index (χ1n) is 5.84. The first kappa shape index (κ1) is 14.3. The topological polar surface area (TPSA) is 40.5 Å². The number of amides is 1. The van der Waals surface area contributed by atoms with Crippen LogP contribution < -0.4 is 0 Å². The van der Waals surface area contributed by atoms with Gasteiger partial charge in [-0.25, -0.2) is 4.79 Å². The minimum absolute atomic E-state index is 0.387. The van der Waals surface area contributed by atoms with E-state index in [1.807, 2.05) is 24.3 Å². The first-order valence-corrected chi connectivity index (χ1v) is 9.34. The molecule has 1 aromatic rings. The number of carboxylic acid groups (broad SMARTS) is 1. The van der Waals surface area contributed by atoms with Crippen molar-refractivity contribution in [3.05, 3.63) is 35.4 Å². The van der Waals surface area contributed by atoms with Gasteiger partial charge in [-0.3, -0.25) is 0 Å². The van der Waals surface area contributed by atoms with Crippen molar-refractivity contribution in [2.75, 3.05) is 7.05 Å². The van der Waals surface area contributed by atoms with Gasteiger partial charge in [0, 0.05) is 19.2 Å². The summed E-state index contributed by atoms with van der Waals surface area (Å²) in [4.78, 5) is 12.0. The lowest BCUT2D eigenvalue weighted by Gasteiger charge is -2.12. The van der Waals surface area contributed by atoms with Gasteiger partial charge in [-0.1, -0.05) is 37.7 Å². The van der Waals surface area contributed by atoms with Crippen molar-refractivity contribution in [2.24, 2.45) is 0 Å². The number of carbonyl (C=O) groups is 1. The van der Waals surface area contributed by atoms with Gasteiger partial charge in [0.1, 0.15) is 8.07 Å². The maximum absolute atomic E-state index is 10.7. The predicted octanol–water partition coefficient (Wildman–Crippen LogP) is 3.03. The van der Waals surface area contributed by atoms with Crippen LogP contribution in [0.4, 0.5) is 4.79 Å². The SMILES string of the molecule is CN(Cc1cccc(C#C[Si](C)(C)C)c1)C(=O)O. The number of hydrogen-bond acceptors (Lipinski definition) is 1. The number of benzene rings is 1. The highest BCUT2D eigenvalue weighted by Crippen LogP contribution is 2.07. The van der Waals surface area contributed by atoms with Crippen molar-refractivity contribution >= 4 is 14.2 Å². The van der Waals surface area contributed by atoms with Gasteiger partial charge in [-0.05, 0) is 17.7 Å². The van der Waals surface area contributed by atoms with Gasteiger partial charge in [0.15, 0.2) is 0 Å². The summed E-state index contributed by atoms with van der Waals surface area (Å²) < 4.78 is 0. The Labute approximate surface area is 109 Å². The molecule has 0 aliphatic rings. The molecule has 0 aliphatic carbocycles. The summed E-state index contributed by atoms with van der Waals surface area (Å²) in [6, 6.07) is 7.74. The standard InChI is InChI=1S/C14H19NO2Si/c1-15(14(16)17)11-13-7-5-6-12(10-13)8-9-18(2,3)4/h5-7,10H,11H2,1-4H3,(H,16,17). The molecule has 0 aliphatic heterocycles. The van der Waals surface area contributed by atoms with Crippen LogP contribution in [0.1, 0.15) is 11.1 Å². The quantitative estimate of drug-likeness (QED) is 0.656. The molecule has 4 heteroatoms. The maximum Gasteiger partial charge on any atom is 0.407 e. The Balaban J connectivity index is 2.85. The summed E-state index contributed by atoms with van der Waals surface area (Å²) >= 11 is 0. The van der Waals surface area contributed by atoms with Crippen LogP contribution in [-0.4, -0.2) is 31.2 Å². The van der Waals surface area contributed by atoms with Crippen molar-refractivity contribution in [3.8, 4) is 11.5 Å². The monoisotopic (exact) mass is 261 g/mol. The molecule has 0 saturated carbocycles. The summed E-state index contributed by atoms with van der Waals surface area (Å²) in [7, 11) is 0.185. The van der Waals surface area contributed by atoms with Crippen LogP contribution in [0.25, 0.3) is 0 Å². The van der Waals surface area contributed by atoms with Gasteiger partial charge in [-0.2, -0.15) is 0 Å². The minimum atomic E-state index is -1.37. The molecule has 3 nitrogen and oxygen atoms in total. The largest absolute Gasteiger partial charge is 0.465 e. The van der Waals surface area contributed by atoms with Gasteiger partial charge in [0.25, 0.3) is 0 Å². The zero-order valence-corrected chi connectivity index (χ0v) is 12.3. The Morgan fingerprint density at radius 1 is 1.39 bits per heavy atom. The second-order valence-electron chi connectivity index (χ2n) is 5.34. The van der Waals surface area contributed by atoms with E-state index >= 15 is 0 Å². The molecule has 18 heavy (non-hydrogen) atoms. The van der Waals surface area contributed by atoms with Gasteiger partial charge in [-0.15, -0.1) is 5.54 Å². The highest BCUT2D eigenvalue weighted by Gasteiger charge is 2.08. The van der Waals surface area contributed by atoms with Crippen LogP contribution in [0.3, 0.4) is 0 Å². The van der Waals surface area contributed by atoms with E-state index in [0.717, 1.165) is 11.1 Å². The molecular weight excluding hydrogens is 242 g/mol. The molecule has 0 saturated heterocycles. The Bertz CT molecular complexity index is 494. The zero-order chi connectivity index (χ0) is 13.8. The fraction of sp³-hybridized carbons (Fsp3) is 0.357. The average Bonchev–Trinajstić information content (AvgIpc) is 2.26. The van der Waals surface area contributed by atoms with Crippen molar-refractivity contribution < 1.29 is 9.90 Å². The summed E-state index contributed by atoms with van der Waals surface area (Å²) in [5, 5.41) is 8.83. The van der Waals surface area contributed by atoms with E-state index in [2.05, 4.69) is 31.1 Å². The molecular formula is C14H19NO2Si. The van der Waals surface area contributed by atoms with Crippen molar-refractivity contribution in [3.63, 3.8) is 0 Å². The molecule has 0 spiro atoms. The minimum Gasteiger partial charge on any atom is -0.465 e. The highest BCUT2D eigenvalue weighted by molar-refractivity contribution is 6.83. The molecule has 0 heterocycles. The zero-order valence-electron chi connectivity index (χ0n) is 11.3. The molecule has 0 fully saturated rings. The summed E-state index contributed by atoms with van der Waals surface area (Å²) in [6.45, 7) is 6.98. The van der Waals surface area contributed by atoms with E-state index < -0.39 is 14.2 Å². The van der Waals surface area contributed by atoms with E-state index in [9.17, 15) is 4.79 Å². The summed E-state index contributed by atoms with van der Waals surface area (Å²) in [6.07, 6.45) is -0.923. The Morgan fingerprint density at radius 2 is 2.06 bits per heavy atom. The second-order valence-corrected chi connectivity index (χ2v) is 10.1.